The molecular weight excluding hydrogens is 409 g/mol. The van der Waals surface area contributed by atoms with Crippen LogP contribution in [0.2, 0.25) is 51.4 Å². The van der Waals surface area contributed by atoms with Crippen LogP contribution in [0.4, 0.5) is 0 Å². The maximum absolute atomic E-state index is 6.98. The second kappa shape index (κ2) is 12.5. The number of hydrogen-bond acceptors (Lipinski definition) is 4. The molecule has 0 saturated heterocycles. The van der Waals surface area contributed by atoms with E-state index in [1.165, 1.54) is 24.9 Å². The van der Waals surface area contributed by atoms with Gasteiger partial charge in [-0.2, -0.15) is 0 Å². The predicted octanol–water partition coefficient (Wildman–Crippen LogP) is 6.12. The van der Waals surface area contributed by atoms with Crippen LogP contribution in [0.3, 0.4) is 0 Å². The Morgan fingerprint density at radius 3 is 1.66 bits per heavy atom. The minimum atomic E-state index is -2.19. The van der Waals surface area contributed by atoms with E-state index < -0.39 is 25.0 Å². The Bertz CT molecular complexity index is 457. The summed E-state index contributed by atoms with van der Waals surface area (Å²) >= 11 is 0. The van der Waals surface area contributed by atoms with Gasteiger partial charge in [-0.1, -0.05) is 53.8 Å². The van der Waals surface area contributed by atoms with Crippen molar-refractivity contribution in [1.82, 2.24) is 10.6 Å². The first-order valence-electron chi connectivity index (χ1n) is 11.9. The minimum absolute atomic E-state index is 0.0236. The summed E-state index contributed by atoms with van der Waals surface area (Å²) in [7, 11) is -5.48. The standard InChI is InChI=1S/C22H54N2O2Si3/c1-13-22(6,27(7,8)18-14-16-23-20(2)3)25-29(11,12)26-28(9,10)19-15-17-24-21(4)5/h20-21,23-24H,13-19H2,1-12H3. The molecule has 1 atom stereocenters. The van der Waals surface area contributed by atoms with Gasteiger partial charge in [0.25, 0.3) is 0 Å². The molecular formula is C22H54N2O2Si3. The average Bonchev–Trinajstić information content (AvgIpc) is 2.53. The topological polar surface area (TPSA) is 42.5 Å². The van der Waals surface area contributed by atoms with E-state index in [2.05, 4.69) is 91.5 Å². The maximum atomic E-state index is 6.98. The molecule has 7 heteroatoms. The Balaban J connectivity index is 4.89. The van der Waals surface area contributed by atoms with E-state index in [1.54, 1.807) is 0 Å². The van der Waals surface area contributed by atoms with E-state index >= 15 is 0 Å². The van der Waals surface area contributed by atoms with Crippen LogP contribution >= 0.6 is 0 Å². The van der Waals surface area contributed by atoms with E-state index in [0.29, 0.717) is 12.1 Å². The fraction of sp³-hybridized carbons (Fsp3) is 1.00. The van der Waals surface area contributed by atoms with E-state index in [4.69, 9.17) is 8.54 Å². The Hall–Kier alpha value is 0.491. The largest absolute Gasteiger partial charge is 0.436 e. The first-order valence-corrected chi connectivity index (χ1v) is 21.1. The summed E-state index contributed by atoms with van der Waals surface area (Å²) in [4.78, 5) is 0. The van der Waals surface area contributed by atoms with E-state index in [1.807, 2.05) is 0 Å². The normalized spacial score (nSPS) is 15.9. The third-order valence-corrected chi connectivity index (χ3v) is 17.9. The molecule has 0 aromatic heterocycles. The van der Waals surface area contributed by atoms with Crippen LogP contribution in [0, 0.1) is 0 Å². The zero-order chi connectivity index (χ0) is 22.9. The van der Waals surface area contributed by atoms with E-state index in [-0.39, 0.29) is 5.22 Å². The van der Waals surface area contributed by atoms with Crippen molar-refractivity contribution in [3.63, 3.8) is 0 Å². The molecule has 0 radical (unpaired) electrons. The molecule has 0 aromatic carbocycles. The zero-order valence-corrected chi connectivity index (χ0v) is 24.9. The highest BCUT2D eigenvalue weighted by Gasteiger charge is 2.47. The van der Waals surface area contributed by atoms with Crippen molar-refractivity contribution in [3.8, 4) is 0 Å². The molecule has 0 aliphatic carbocycles. The Morgan fingerprint density at radius 2 is 1.24 bits per heavy atom. The number of hydrogen-bond donors (Lipinski definition) is 2. The van der Waals surface area contributed by atoms with Gasteiger partial charge in [0.05, 0.1) is 8.07 Å². The average molecular weight is 463 g/mol. The molecule has 29 heavy (non-hydrogen) atoms. The summed E-state index contributed by atoms with van der Waals surface area (Å²) in [5.41, 5.74) is 0. The monoisotopic (exact) mass is 462 g/mol. The summed E-state index contributed by atoms with van der Waals surface area (Å²) in [6, 6.07) is 3.61. The Kier molecular flexibility index (Phi) is 12.7. The smallest absolute Gasteiger partial charge is 0.321 e. The number of rotatable bonds is 16. The second-order valence-electron chi connectivity index (χ2n) is 11.3. The second-order valence-corrected chi connectivity index (χ2v) is 24.4. The number of nitrogens with one attached hydrogen (secondary N) is 2. The molecule has 0 amide bonds. The van der Waals surface area contributed by atoms with Crippen molar-refractivity contribution in [2.45, 2.75) is 129 Å². The van der Waals surface area contributed by atoms with Crippen LogP contribution in [0.5, 0.6) is 0 Å². The van der Waals surface area contributed by atoms with Gasteiger partial charge in [0.15, 0.2) is 8.32 Å². The lowest BCUT2D eigenvalue weighted by Gasteiger charge is -2.48. The molecule has 0 aliphatic heterocycles. The zero-order valence-electron chi connectivity index (χ0n) is 21.9. The SMILES string of the molecule is CCC(C)(O[Si](C)(C)O[Si](C)(C)CCCNC(C)C)[Si](C)(C)CCCNC(C)C. The summed E-state index contributed by atoms with van der Waals surface area (Å²) in [6.07, 6.45) is 3.50. The lowest BCUT2D eigenvalue weighted by Crippen LogP contribution is -2.60. The summed E-state index contributed by atoms with van der Waals surface area (Å²) in [5, 5.41) is 7.07. The first-order chi connectivity index (χ1) is 13.1. The van der Waals surface area contributed by atoms with E-state index in [0.717, 1.165) is 19.5 Å². The van der Waals surface area contributed by atoms with Gasteiger partial charge in [0.2, 0.25) is 0 Å². The van der Waals surface area contributed by atoms with E-state index in [9.17, 15) is 0 Å². The highest BCUT2D eigenvalue weighted by molar-refractivity contribution is 6.84. The molecule has 4 nitrogen and oxygen atoms in total. The Labute approximate surface area is 186 Å². The van der Waals surface area contributed by atoms with Crippen LogP contribution in [0.25, 0.3) is 0 Å². The van der Waals surface area contributed by atoms with Crippen molar-refractivity contribution < 1.29 is 8.54 Å². The van der Waals surface area contributed by atoms with Gasteiger partial charge in [0, 0.05) is 17.3 Å². The predicted molar refractivity (Wildman–Crippen MR) is 138 cm³/mol. The van der Waals surface area contributed by atoms with Crippen LogP contribution in [-0.4, -0.2) is 55.3 Å². The van der Waals surface area contributed by atoms with Gasteiger partial charge in [-0.05, 0) is 71.5 Å². The lowest BCUT2D eigenvalue weighted by atomic mass is 10.3. The highest BCUT2D eigenvalue weighted by Crippen LogP contribution is 2.36. The van der Waals surface area contributed by atoms with Crippen molar-refractivity contribution in [1.29, 1.82) is 0 Å². The molecule has 0 heterocycles. The molecule has 0 spiro atoms. The molecule has 0 aromatic rings. The first kappa shape index (κ1) is 29.5. The van der Waals surface area contributed by atoms with Gasteiger partial charge in [-0.25, -0.2) is 0 Å². The van der Waals surface area contributed by atoms with Crippen molar-refractivity contribution in [3.05, 3.63) is 0 Å². The minimum Gasteiger partial charge on any atom is -0.436 e. The third kappa shape index (κ3) is 12.2. The van der Waals surface area contributed by atoms with Gasteiger partial charge in [-0.15, -0.1) is 0 Å². The summed E-state index contributed by atoms with van der Waals surface area (Å²) < 4.78 is 13.8. The van der Waals surface area contributed by atoms with Gasteiger partial charge in [-0.3, -0.25) is 0 Å². The van der Waals surface area contributed by atoms with Crippen molar-refractivity contribution in [2.24, 2.45) is 0 Å². The highest BCUT2D eigenvalue weighted by atomic mass is 28.4. The quantitative estimate of drug-likeness (QED) is 0.214. The van der Waals surface area contributed by atoms with Crippen molar-refractivity contribution in [2.75, 3.05) is 13.1 Å². The van der Waals surface area contributed by atoms with Gasteiger partial charge < -0.3 is 19.2 Å². The van der Waals surface area contributed by atoms with Crippen LogP contribution in [-0.2, 0) is 8.54 Å². The molecule has 0 bridgehead atoms. The van der Waals surface area contributed by atoms with Crippen LogP contribution in [0.1, 0.15) is 60.8 Å². The lowest BCUT2D eigenvalue weighted by molar-refractivity contribution is 0.117. The molecule has 0 fully saturated rings. The van der Waals surface area contributed by atoms with Gasteiger partial charge in [0.1, 0.15) is 0 Å². The fourth-order valence-corrected chi connectivity index (χ4v) is 16.6. The van der Waals surface area contributed by atoms with Crippen molar-refractivity contribution >= 4 is 25.0 Å². The fourth-order valence-electron chi connectivity index (χ4n) is 4.06. The third-order valence-electron chi connectivity index (χ3n) is 6.14. The summed E-state index contributed by atoms with van der Waals surface area (Å²) in [5.74, 6) is 0. The van der Waals surface area contributed by atoms with Crippen LogP contribution in [0.15, 0.2) is 0 Å². The molecule has 0 saturated carbocycles. The Morgan fingerprint density at radius 1 is 0.793 bits per heavy atom. The van der Waals surface area contributed by atoms with Crippen LogP contribution < -0.4 is 10.6 Å². The van der Waals surface area contributed by atoms with Gasteiger partial charge >= 0.3 is 8.56 Å². The molecule has 0 rings (SSSR count). The molecule has 0 aliphatic rings. The molecule has 2 N–H and O–H groups in total. The summed E-state index contributed by atoms with van der Waals surface area (Å²) in [6.45, 7) is 30.0. The molecule has 176 valence electrons. The molecule has 1 unspecified atom stereocenters. The maximum Gasteiger partial charge on any atom is 0.321 e.